The topological polar surface area (TPSA) is 32.3 Å². The zero-order valence-electron chi connectivity index (χ0n) is 13.2. The fourth-order valence-electron chi connectivity index (χ4n) is 3.54. The fourth-order valence-corrected chi connectivity index (χ4v) is 3.54. The van der Waals surface area contributed by atoms with Crippen LogP contribution in [0, 0.1) is 11.3 Å². The number of amides is 1. The third kappa shape index (κ3) is 3.31. The molecule has 1 saturated heterocycles. The fraction of sp³-hybridized carbons (Fsp3) is 0.938. The molecule has 1 amide bonds. The summed E-state index contributed by atoms with van der Waals surface area (Å²) in [6, 6.07) is 0.459. The molecule has 0 aromatic rings. The highest BCUT2D eigenvalue weighted by atomic mass is 16.2. The van der Waals surface area contributed by atoms with E-state index in [9.17, 15) is 4.79 Å². The van der Waals surface area contributed by atoms with Crippen LogP contribution in [0.15, 0.2) is 0 Å². The van der Waals surface area contributed by atoms with Crippen molar-refractivity contribution in [2.24, 2.45) is 11.3 Å². The van der Waals surface area contributed by atoms with Gasteiger partial charge in [0, 0.05) is 6.04 Å². The maximum absolute atomic E-state index is 12.4. The van der Waals surface area contributed by atoms with Crippen molar-refractivity contribution in [3.63, 3.8) is 0 Å². The minimum absolute atomic E-state index is 0.00122. The molecule has 0 spiro atoms. The minimum atomic E-state index is -0.00122. The molecule has 0 bridgehead atoms. The van der Waals surface area contributed by atoms with Gasteiger partial charge in [-0.3, -0.25) is 10.1 Å². The van der Waals surface area contributed by atoms with Gasteiger partial charge in [0.2, 0.25) is 5.91 Å². The Morgan fingerprint density at radius 3 is 2.42 bits per heavy atom. The molecule has 3 heteroatoms. The average Bonchev–Trinajstić information content (AvgIpc) is 2.55. The highest BCUT2D eigenvalue weighted by Gasteiger charge is 2.42. The molecule has 0 radical (unpaired) electrons. The summed E-state index contributed by atoms with van der Waals surface area (Å²) in [6.07, 6.45) is 6.14. The molecule has 0 aromatic carbocycles. The molecule has 19 heavy (non-hydrogen) atoms. The van der Waals surface area contributed by atoms with E-state index in [1.807, 2.05) is 6.92 Å². The zero-order valence-corrected chi connectivity index (χ0v) is 13.2. The Balaban J connectivity index is 2.05. The summed E-state index contributed by atoms with van der Waals surface area (Å²) >= 11 is 0. The summed E-state index contributed by atoms with van der Waals surface area (Å²) in [5.41, 5.74) is 0.464. The first-order valence-corrected chi connectivity index (χ1v) is 7.88. The van der Waals surface area contributed by atoms with Crippen LogP contribution in [0.3, 0.4) is 0 Å². The van der Waals surface area contributed by atoms with Gasteiger partial charge in [-0.1, -0.05) is 27.7 Å². The molecule has 2 atom stereocenters. The monoisotopic (exact) mass is 266 g/mol. The van der Waals surface area contributed by atoms with Crippen LogP contribution in [-0.2, 0) is 4.79 Å². The summed E-state index contributed by atoms with van der Waals surface area (Å²) in [5.74, 6) is 0.938. The predicted molar refractivity (Wildman–Crippen MR) is 78.7 cm³/mol. The van der Waals surface area contributed by atoms with E-state index in [1.54, 1.807) is 0 Å². The molecular formula is C16H30N2O. The van der Waals surface area contributed by atoms with E-state index in [0.717, 1.165) is 6.42 Å². The van der Waals surface area contributed by atoms with Crippen molar-refractivity contribution in [2.45, 2.75) is 85.0 Å². The Kier molecular flexibility index (Phi) is 4.24. The standard InChI is InChI=1S/C16H30N2O/c1-11(2)10-14-17-12(3)15(19)18(14)13-6-8-16(4,5)9-7-13/h11-14,17H,6-10H2,1-5H3. The summed E-state index contributed by atoms with van der Waals surface area (Å²) < 4.78 is 0. The van der Waals surface area contributed by atoms with Crippen LogP contribution in [-0.4, -0.2) is 29.1 Å². The molecule has 2 fully saturated rings. The molecule has 1 aliphatic carbocycles. The number of carbonyl (C=O) groups is 1. The summed E-state index contributed by atoms with van der Waals surface area (Å²) in [6.45, 7) is 11.2. The zero-order chi connectivity index (χ0) is 14.2. The first-order chi connectivity index (χ1) is 8.80. The van der Waals surface area contributed by atoms with Gasteiger partial charge in [0.15, 0.2) is 0 Å². The Morgan fingerprint density at radius 2 is 1.89 bits per heavy atom. The summed E-state index contributed by atoms with van der Waals surface area (Å²) in [4.78, 5) is 14.6. The third-order valence-electron chi connectivity index (χ3n) is 4.80. The van der Waals surface area contributed by atoms with E-state index >= 15 is 0 Å². The highest BCUT2D eigenvalue weighted by Crippen LogP contribution is 2.38. The number of hydrogen-bond acceptors (Lipinski definition) is 2. The molecule has 1 heterocycles. The first-order valence-electron chi connectivity index (χ1n) is 7.88. The quantitative estimate of drug-likeness (QED) is 0.851. The van der Waals surface area contributed by atoms with Crippen LogP contribution < -0.4 is 5.32 Å². The second-order valence-corrected chi connectivity index (χ2v) is 7.67. The predicted octanol–water partition coefficient (Wildman–Crippen LogP) is 3.15. The van der Waals surface area contributed by atoms with Gasteiger partial charge in [0.25, 0.3) is 0 Å². The summed E-state index contributed by atoms with van der Waals surface area (Å²) in [5, 5.41) is 3.48. The highest BCUT2D eigenvalue weighted by molar-refractivity contribution is 5.84. The Hall–Kier alpha value is -0.570. The Bertz CT molecular complexity index is 328. The van der Waals surface area contributed by atoms with Crippen LogP contribution in [0.2, 0.25) is 0 Å². The normalized spacial score (nSPS) is 32.3. The number of hydrogen-bond donors (Lipinski definition) is 1. The lowest BCUT2D eigenvalue weighted by molar-refractivity contribution is -0.133. The van der Waals surface area contributed by atoms with Gasteiger partial charge in [-0.25, -0.2) is 0 Å². The molecule has 2 unspecified atom stereocenters. The van der Waals surface area contributed by atoms with Crippen LogP contribution in [0.1, 0.15) is 66.7 Å². The smallest absolute Gasteiger partial charge is 0.240 e. The second kappa shape index (κ2) is 5.43. The van der Waals surface area contributed by atoms with Gasteiger partial charge in [-0.2, -0.15) is 0 Å². The molecule has 110 valence electrons. The van der Waals surface area contributed by atoms with Crippen LogP contribution in [0.4, 0.5) is 0 Å². The SMILES string of the molecule is CC(C)CC1NC(C)C(=O)N1C1CCC(C)(C)CC1. The lowest BCUT2D eigenvalue weighted by atomic mass is 9.75. The molecule has 3 nitrogen and oxygen atoms in total. The molecule has 1 N–H and O–H groups in total. The maximum Gasteiger partial charge on any atom is 0.240 e. The molecule has 1 aliphatic heterocycles. The number of rotatable bonds is 3. The maximum atomic E-state index is 12.4. The van der Waals surface area contributed by atoms with Gasteiger partial charge < -0.3 is 4.90 Å². The van der Waals surface area contributed by atoms with Crippen LogP contribution in [0.25, 0.3) is 0 Å². The second-order valence-electron chi connectivity index (χ2n) is 7.67. The van der Waals surface area contributed by atoms with E-state index in [-0.39, 0.29) is 12.2 Å². The van der Waals surface area contributed by atoms with E-state index in [1.165, 1.54) is 25.7 Å². The van der Waals surface area contributed by atoms with Gasteiger partial charge in [0.05, 0.1) is 12.2 Å². The van der Waals surface area contributed by atoms with Crippen molar-refractivity contribution in [3.05, 3.63) is 0 Å². The van der Waals surface area contributed by atoms with Crippen molar-refractivity contribution in [1.82, 2.24) is 10.2 Å². The van der Waals surface area contributed by atoms with Crippen molar-refractivity contribution < 1.29 is 4.79 Å². The Labute approximate surface area is 118 Å². The molecule has 2 aliphatic rings. The number of nitrogens with zero attached hydrogens (tertiary/aromatic N) is 1. The molecule has 1 saturated carbocycles. The lowest BCUT2D eigenvalue weighted by Crippen LogP contribution is -2.47. The summed E-state index contributed by atoms with van der Waals surface area (Å²) in [7, 11) is 0. The van der Waals surface area contributed by atoms with E-state index < -0.39 is 0 Å². The van der Waals surface area contributed by atoms with E-state index in [0.29, 0.717) is 23.3 Å². The average molecular weight is 266 g/mol. The molecule has 2 rings (SSSR count). The number of nitrogens with one attached hydrogen (secondary N) is 1. The van der Waals surface area contributed by atoms with Crippen molar-refractivity contribution >= 4 is 5.91 Å². The van der Waals surface area contributed by atoms with Gasteiger partial charge in [-0.05, 0) is 50.4 Å². The van der Waals surface area contributed by atoms with Crippen LogP contribution >= 0.6 is 0 Å². The van der Waals surface area contributed by atoms with Crippen molar-refractivity contribution in [2.75, 3.05) is 0 Å². The van der Waals surface area contributed by atoms with Crippen LogP contribution in [0.5, 0.6) is 0 Å². The van der Waals surface area contributed by atoms with Gasteiger partial charge in [0.1, 0.15) is 0 Å². The first kappa shape index (κ1) is 14.8. The van der Waals surface area contributed by atoms with Crippen molar-refractivity contribution in [1.29, 1.82) is 0 Å². The largest absolute Gasteiger partial charge is 0.323 e. The number of carbonyl (C=O) groups excluding carboxylic acids is 1. The lowest BCUT2D eigenvalue weighted by Gasteiger charge is -2.41. The van der Waals surface area contributed by atoms with E-state index in [2.05, 4.69) is 37.9 Å². The van der Waals surface area contributed by atoms with Gasteiger partial charge in [-0.15, -0.1) is 0 Å². The Morgan fingerprint density at radius 1 is 1.32 bits per heavy atom. The van der Waals surface area contributed by atoms with Gasteiger partial charge >= 0.3 is 0 Å². The van der Waals surface area contributed by atoms with Crippen molar-refractivity contribution in [3.8, 4) is 0 Å². The molecule has 0 aromatic heterocycles. The third-order valence-corrected chi connectivity index (χ3v) is 4.80. The van der Waals surface area contributed by atoms with E-state index in [4.69, 9.17) is 0 Å². The minimum Gasteiger partial charge on any atom is -0.323 e. The molecular weight excluding hydrogens is 236 g/mol.